The molecule has 7 heteroatoms. The SMILES string of the molecule is Cc1nc2cc(N)ccc2n1C(=O)c1c[nH]c(=O)n1Cc1ccccc1. The molecule has 7 nitrogen and oxygen atoms in total. The lowest BCUT2D eigenvalue weighted by atomic mass is 10.2. The number of H-pyrrole nitrogens is 1. The number of hydrogen-bond donors (Lipinski definition) is 2. The number of nitrogens with one attached hydrogen (secondary N) is 1. The van der Waals surface area contributed by atoms with Crippen LogP contribution in [0.5, 0.6) is 0 Å². The van der Waals surface area contributed by atoms with Gasteiger partial charge >= 0.3 is 5.69 Å². The maximum Gasteiger partial charge on any atom is 0.326 e. The van der Waals surface area contributed by atoms with Gasteiger partial charge < -0.3 is 10.7 Å². The molecule has 0 aliphatic rings. The number of aromatic amines is 1. The van der Waals surface area contributed by atoms with Crippen molar-refractivity contribution in [3.05, 3.63) is 82.3 Å². The molecule has 0 amide bonds. The van der Waals surface area contributed by atoms with Crippen molar-refractivity contribution in [2.24, 2.45) is 0 Å². The number of imidazole rings is 2. The second-order valence-electron chi connectivity index (χ2n) is 6.10. The van der Waals surface area contributed by atoms with Gasteiger partial charge in [-0.05, 0) is 30.7 Å². The number of nitrogens with zero attached hydrogens (tertiary/aromatic N) is 3. The van der Waals surface area contributed by atoms with Crippen molar-refractivity contribution in [3.8, 4) is 0 Å². The van der Waals surface area contributed by atoms with Gasteiger partial charge in [-0.2, -0.15) is 0 Å². The Bertz CT molecular complexity index is 1170. The number of fused-ring (bicyclic) bond motifs is 1. The summed E-state index contributed by atoms with van der Waals surface area (Å²) in [5, 5.41) is 0. The Labute approximate surface area is 148 Å². The maximum absolute atomic E-state index is 13.2. The third-order valence-electron chi connectivity index (χ3n) is 4.32. The Morgan fingerprint density at radius 2 is 1.96 bits per heavy atom. The number of aromatic nitrogens is 4. The summed E-state index contributed by atoms with van der Waals surface area (Å²) in [6.45, 7) is 2.06. The van der Waals surface area contributed by atoms with Crippen LogP contribution >= 0.6 is 0 Å². The highest BCUT2D eigenvalue weighted by Crippen LogP contribution is 2.20. The quantitative estimate of drug-likeness (QED) is 0.555. The fraction of sp³-hybridized carbons (Fsp3) is 0.105. The highest BCUT2D eigenvalue weighted by molar-refractivity contribution is 6.00. The molecule has 4 aromatic rings. The highest BCUT2D eigenvalue weighted by atomic mass is 16.2. The lowest BCUT2D eigenvalue weighted by molar-refractivity contribution is 0.0953. The van der Waals surface area contributed by atoms with Crippen molar-refractivity contribution in [1.82, 2.24) is 19.1 Å². The zero-order valence-corrected chi connectivity index (χ0v) is 14.1. The van der Waals surface area contributed by atoms with Crippen LogP contribution < -0.4 is 11.4 Å². The molecule has 0 saturated carbocycles. The van der Waals surface area contributed by atoms with Gasteiger partial charge in [0.2, 0.25) is 0 Å². The standard InChI is InChI=1S/C19H17N5O2/c1-12-22-15-9-14(20)7-8-16(15)24(12)18(25)17-10-21-19(26)23(17)11-13-5-3-2-4-6-13/h2-10H,11,20H2,1H3,(H,21,26). The van der Waals surface area contributed by atoms with Crippen LogP contribution in [0.4, 0.5) is 5.69 Å². The van der Waals surface area contributed by atoms with Crippen LogP contribution in [0.15, 0.2) is 59.5 Å². The van der Waals surface area contributed by atoms with Gasteiger partial charge in [-0.25, -0.2) is 9.78 Å². The van der Waals surface area contributed by atoms with E-state index in [9.17, 15) is 9.59 Å². The van der Waals surface area contributed by atoms with E-state index in [2.05, 4.69) is 9.97 Å². The minimum Gasteiger partial charge on any atom is -0.399 e. The van der Waals surface area contributed by atoms with Gasteiger partial charge in [0.15, 0.2) is 0 Å². The van der Waals surface area contributed by atoms with Crippen LogP contribution in [-0.2, 0) is 6.54 Å². The van der Waals surface area contributed by atoms with E-state index in [1.54, 1.807) is 25.1 Å². The molecule has 2 aromatic heterocycles. The Hall–Kier alpha value is -3.61. The fourth-order valence-electron chi connectivity index (χ4n) is 3.08. The molecular weight excluding hydrogens is 330 g/mol. The molecule has 4 rings (SSSR count). The van der Waals surface area contributed by atoms with Crippen LogP contribution in [0, 0.1) is 6.92 Å². The van der Waals surface area contributed by atoms with Crippen molar-refractivity contribution < 1.29 is 4.79 Å². The Morgan fingerprint density at radius 3 is 2.73 bits per heavy atom. The first kappa shape index (κ1) is 15.9. The van der Waals surface area contributed by atoms with E-state index in [-0.39, 0.29) is 17.3 Å². The topological polar surface area (TPSA) is 98.7 Å². The van der Waals surface area contributed by atoms with Gasteiger partial charge in [0, 0.05) is 11.9 Å². The molecule has 26 heavy (non-hydrogen) atoms. The normalized spacial score (nSPS) is 11.1. The van der Waals surface area contributed by atoms with E-state index < -0.39 is 0 Å². The van der Waals surface area contributed by atoms with Gasteiger partial charge in [0.05, 0.1) is 17.6 Å². The molecule has 2 aromatic carbocycles. The summed E-state index contributed by atoms with van der Waals surface area (Å²) >= 11 is 0. The van der Waals surface area contributed by atoms with Gasteiger partial charge in [-0.3, -0.25) is 13.9 Å². The predicted octanol–water partition coefficient (Wildman–Crippen LogP) is 2.15. The van der Waals surface area contributed by atoms with Crippen LogP contribution in [0.2, 0.25) is 0 Å². The van der Waals surface area contributed by atoms with Crippen LogP contribution in [0.25, 0.3) is 11.0 Å². The number of nitrogen functional groups attached to an aromatic ring is 1. The number of nitrogens with two attached hydrogens (primary N) is 1. The molecule has 0 atom stereocenters. The predicted molar refractivity (Wildman–Crippen MR) is 99.2 cm³/mol. The third kappa shape index (κ3) is 2.59. The van der Waals surface area contributed by atoms with Gasteiger partial charge in [-0.15, -0.1) is 0 Å². The number of aryl methyl sites for hydroxylation is 1. The van der Waals surface area contributed by atoms with E-state index in [4.69, 9.17) is 5.73 Å². The monoisotopic (exact) mass is 347 g/mol. The Balaban J connectivity index is 1.81. The molecule has 0 saturated heterocycles. The smallest absolute Gasteiger partial charge is 0.326 e. The summed E-state index contributed by atoms with van der Waals surface area (Å²) in [5.74, 6) is 0.222. The second-order valence-corrected chi connectivity index (χ2v) is 6.10. The Morgan fingerprint density at radius 1 is 1.19 bits per heavy atom. The van der Waals surface area contributed by atoms with Crippen LogP contribution in [0.1, 0.15) is 21.9 Å². The first-order chi connectivity index (χ1) is 12.5. The zero-order chi connectivity index (χ0) is 18.3. The van der Waals surface area contributed by atoms with Crippen molar-refractivity contribution in [3.63, 3.8) is 0 Å². The molecule has 2 heterocycles. The molecule has 0 aliphatic carbocycles. The molecule has 0 bridgehead atoms. The number of carbonyl (C=O) groups is 1. The molecule has 0 radical (unpaired) electrons. The van der Waals surface area contributed by atoms with E-state index in [0.717, 1.165) is 5.56 Å². The lowest BCUT2D eigenvalue weighted by Crippen LogP contribution is -2.24. The average molecular weight is 347 g/mol. The third-order valence-corrected chi connectivity index (χ3v) is 4.32. The Kier molecular flexibility index (Phi) is 3.69. The highest BCUT2D eigenvalue weighted by Gasteiger charge is 2.21. The van der Waals surface area contributed by atoms with Crippen LogP contribution in [0.3, 0.4) is 0 Å². The van der Waals surface area contributed by atoms with Gasteiger partial charge in [-0.1, -0.05) is 30.3 Å². The summed E-state index contributed by atoms with van der Waals surface area (Å²) in [6, 6.07) is 14.7. The summed E-state index contributed by atoms with van der Waals surface area (Å²) in [5.41, 5.74) is 8.56. The molecule has 3 N–H and O–H groups in total. The summed E-state index contributed by atoms with van der Waals surface area (Å²) in [6.07, 6.45) is 1.44. The molecule has 0 fully saturated rings. The number of hydrogen-bond acceptors (Lipinski definition) is 4. The number of carbonyl (C=O) groups excluding carboxylic acids is 1. The molecule has 0 spiro atoms. The average Bonchev–Trinajstić information content (AvgIpc) is 3.14. The molecular formula is C19H17N5O2. The molecule has 0 aliphatic heterocycles. The fourth-order valence-corrected chi connectivity index (χ4v) is 3.08. The lowest BCUT2D eigenvalue weighted by Gasteiger charge is -2.09. The van der Waals surface area contributed by atoms with E-state index in [1.165, 1.54) is 15.3 Å². The second kappa shape index (κ2) is 6.03. The van der Waals surface area contributed by atoms with Gasteiger partial charge in [0.25, 0.3) is 5.91 Å². The van der Waals surface area contributed by atoms with Crippen molar-refractivity contribution in [2.75, 3.05) is 5.73 Å². The number of rotatable bonds is 3. The minimum absolute atomic E-state index is 0.276. The summed E-state index contributed by atoms with van der Waals surface area (Å²) in [4.78, 5) is 32.4. The summed E-state index contributed by atoms with van der Waals surface area (Å²) in [7, 11) is 0. The van der Waals surface area contributed by atoms with E-state index in [1.807, 2.05) is 30.3 Å². The number of anilines is 1. The van der Waals surface area contributed by atoms with Crippen molar-refractivity contribution >= 4 is 22.6 Å². The maximum atomic E-state index is 13.2. The number of benzene rings is 2. The first-order valence-electron chi connectivity index (χ1n) is 8.16. The minimum atomic E-state index is -0.330. The van der Waals surface area contributed by atoms with E-state index >= 15 is 0 Å². The zero-order valence-electron chi connectivity index (χ0n) is 14.1. The van der Waals surface area contributed by atoms with E-state index in [0.29, 0.717) is 29.1 Å². The summed E-state index contributed by atoms with van der Waals surface area (Å²) < 4.78 is 2.93. The molecule has 130 valence electrons. The van der Waals surface area contributed by atoms with Crippen LogP contribution in [-0.4, -0.2) is 25.0 Å². The van der Waals surface area contributed by atoms with Crippen molar-refractivity contribution in [2.45, 2.75) is 13.5 Å². The van der Waals surface area contributed by atoms with Gasteiger partial charge in [0.1, 0.15) is 11.5 Å². The van der Waals surface area contributed by atoms with Crippen molar-refractivity contribution in [1.29, 1.82) is 0 Å². The largest absolute Gasteiger partial charge is 0.399 e. The first-order valence-corrected chi connectivity index (χ1v) is 8.16. The molecule has 0 unspecified atom stereocenters.